The molecule has 138 valence electrons. The summed E-state index contributed by atoms with van der Waals surface area (Å²) in [6.07, 6.45) is 2.60. The molecule has 26 heavy (non-hydrogen) atoms. The highest BCUT2D eigenvalue weighted by Gasteiger charge is 2.13. The normalized spacial score (nSPS) is 11.6. The van der Waals surface area contributed by atoms with Crippen molar-refractivity contribution >= 4 is 11.9 Å². The van der Waals surface area contributed by atoms with Gasteiger partial charge in [-0.25, -0.2) is 9.59 Å². The third-order valence-electron chi connectivity index (χ3n) is 3.82. The molecule has 0 aromatic heterocycles. The molecule has 1 unspecified atom stereocenters. The second-order valence-electron chi connectivity index (χ2n) is 5.85. The van der Waals surface area contributed by atoms with Crippen molar-refractivity contribution in [2.75, 3.05) is 6.61 Å². The molecule has 6 nitrogen and oxygen atoms in total. The van der Waals surface area contributed by atoms with Gasteiger partial charge in [-0.05, 0) is 61.4 Å². The molecular formula is C20H22O6. The van der Waals surface area contributed by atoms with Gasteiger partial charge in [0, 0.05) is 0 Å². The van der Waals surface area contributed by atoms with Crippen LogP contribution in [0.1, 0.15) is 46.9 Å². The standard InChI is InChI=1S/C20H22O6/c1-2-3-4-18(26-17-11-7-15(8-12-17)20(23)24)13-25-16-9-5-14(6-10-16)19(21)22/h5-12,18H,2-4,13H2,1H3,(H,21,22)(H,23,24). The van der Waals surface area contributed by atoms with Crippen molar-refractivity contribution < 1.29 is 29.3 Å². The van der Waals surface area contributed by atoms with Gasteiger partial charge in [0.05, 0.1) is 11.1 Å². The summed E-state index contributed by atoms with van der Waals surface area (Å²) in [5.74, 6) is -0.806. The van der Waals surface area contributed by atoms with Crippen molar-refractivity contribution in [1.29, 1.82) is 0 Å². The van der Waals surface area contributed by atoms with Crippen LogP contribution in [0.15, 0.2) is 48.5 Å². The minimum absolute atomic E-state index is 0.190. The van der Waals surface area contributed by atoms with Crippen LogP contribution in [0.2, 0.25) is 0 Å². The van der Waals surface area contributed by atoms with E-state index in [1.54, 1.807) is 24.3 Å². The maximum atomic E-state index is 10.9. The minimum atomic E-state index is -0.981. The summed E-state index contributed by atoms with van der Waals surface area (Å²) in [6, 6.07) is 12.5. The molecule has 2 aromatic carbocycles. The van der Waals surface area contributed by atoms with Crippen LogP contribution < -0.4 is 9.47 Å². The predicted molar refractivity (Wildman–Crippen MR) is 96.2 cm³/mol. The minimum Gasteiger partial charge on any atom is -0.490 e. The highest BCUT2D eigenvalue weighted by Crippen LogP contribution is 2.18. The first-order valence-corrected chi connectivity index (χ1v) is 8.45. The van der Waals surface area contributed by atoms with Crippen LogP contribution in [0.5, 0.6) is 11.5 Å². The molecule has 0 saturated heterocycles. The number of carbonyl (C=O) groups is 2. The largest absolute Gasteiger partial charge is 0.490 e. The third kappa shape index (κ3) is 5.81. The van der Waals surface area contributed by atoms with Gasteiger partial charge in [-0.1, -0.05) is 13.3 Å². The molecule has 1 atom stereocenters. The summed E-state index contributed by atoms with van der Waals surface area (Å²) in [5.41, 5.74) is 0.409. The summed E-state index contributed by atoms with van der Waals surface area (Å²) in [7, 11) is 0. The van der Waals surface area contributed by atoms with Crippen molar-refractivity contribution in [3.63, 3.8) is 0 Å². The number of carboxylic acids is 2. The summed E-state index contributed by atoms with van der Waals surface area (Å²) in [6.45, 7) is 2.40. The molecule has 0 fully saturated rings. The van der Waals surface area contributed by atoms with Gasteiger partial charge < -0.3 is 19.7 Å². The maximum absolute atomic E-state index is 10.9. The molecule has 0 radical (unpaired) electrons. The molecular weight excluding hydrogens is 336 g/mol. The Balaban J connectivity index is 1.97. The van der Waals surface area contributed by atoms with E-state index in [4.69, 9.17) is 19.7 Å². The lowest BCUT2D eigenvalue weighted by atomic mass is 10.1. The van der Waals surface area contributed by atoms with Gasteiger partial charge >= 0.3 is 11.9 Å². The zero-order chi connectivity index (χ0) is 18.9. The lowest BCUT2D eigenvalue weighted by Crippen LogP contribution is -2.25. The molecule has 0 bridgehead atoms. The number of ether oxygens (including phenoxy) is 2. The van der Waals surface area contributed by atoms with Crippen molar-refractivity contribution in [2.45, 2.75) is 32.3 Å². The topological polar surface area (TPSA) is 93.1 Å². The van der Waals surface area contributed by atoms with E-state index in [1.807, 2.05) is 0 Å². The highest BCUT2D eigenvalue weighted by molar-refractivity contribution is 5.88. The number of carboxylic acid groups (broad SMARTS) is 2. The van der Waals surface area contributed by atoms with E-state index >= 15 is 0 Å². The fourth-order valence-electron chi connectivity index (χ4n) is 2.36. The van der Waals surface area contributed by atoms with Gasteiger partial charge in [0.1, 0.15) is 24.2 Å². The van der Waals surface area contributed by atoms with Crippen LogP contribution in [-0.4, -0.2) is 34.9 Å². The first-order chi connectivity index (χ1) is 12.5. The van der Waals surface area contributed by atoms with Crippen molar-refractivity contribution in [2.24, 2.45) is 0 Å². The molecule has 0 aliphatic rings. The van der Waals surface area contributed by atoms with Crippen LogP contribution in [0, 0.1) is 0 Å². The SMILES string of the molecule is CCCCC(COc1ccc(C(=O)O)cc1)Oc1ccc(C(=O)O)cc1. The molecule has 2 N–H and O–H groups in total. The second kappa shape index (κ2) is 9.46. The molecule has 6 heteroatoms. The monoisotopic (exact) mass is 358 g/mol. The Labute approximate surface area is 152 Å². The van der Waals surface area contributed by atoms with E-state index in [9.17, 15) is 9.59 Å². The van der Waals surface area contributed by atoms with Gasteiger partial charge in [-0.3, -0.25) is 0 Å². The lowest BCUT2D eigenvalue weighted by molar-refractivity contribution is 0.0685. The molecule has 0 saturated carbocycles. The van der Waals surface area contributed by atoms with Crippen LogP contribution >= 0.6 is 0 Å². The van der Waals surface area contributed by atoms with Crippen LogP contribution in [0.3, 0.4) is 0 Å². The molecule has 2 rings (SSSR count). The average Bonchev–Trinajstić information content (AvgIpc) is 2.64. The first kappa shape index (κ1) is 19.3. The van der Waals surface area contributed by atoms with Gasteiger partial charge in [-0.15, -0.1) is 0 Å². The molecule has 0 aliphatic heterocycles. The Morgan fingerprint density at radius 3 is 1.85 bits per heavy atom. The van der Waals surface area contributed by atoms with Gasteiger partial charge in [0.25, 0.3) is 0 Å². The second-order valence-corrected chi connectivity index (χ2v) is 5.85. The Kier molecular flexibility index (Phi) is 7.02. The molecule has 0 spiro atoms. The van der Waals surface area contributed by atoms with E-state index in [1.165, 1.54) is 24.3 Å². The predicted octanol–water partition coefficient (Wildman–Crippen LogP) is 4.10. The first-order valence-electron chi connectivity index (χ1n) is 8.45. The number of hydrogen-bond acceptors (Lipinski definition) is 4. The number of rotatable bonds is 10. The van der Waals surface area contributed by atoms with Crippen LogP contribution in [0.25, 0.3) is 0 Å². The molecule has 0 amide bonds. The van der Waals surface area contributed by atoms with Crippen LogP contribution in [-0.2, 0) is 0 Å². The molecule has 0 heterocycles. The average molecular weight is 358 g/mol. The van der Waals surface area contributed by atoms with E-state index < -0.39 is 11.9 Å². The summed E-state index contributed by atoms with van der Waals surface area (Å²) in [4.78, 5) is 21.8. The quantitative estimate of drug-likeness (QED) is 0.664. The van der Waals surface area contributed by atoms with Crippen molar-refractivity contribution in [1.82, 2.24) is 0 Å². The van der Waals surface area contributed by atoms with Crippen molar-refractivity contribution in [3.05, 3.63) is 59.7 Å². The number of hydrogen-bond donors (Lipinski definition) is 2. The van der Waals surface area contributed by atoms with E-state index in [-0.39, 0.29) is 17.2 Å². The highest BCUT2D eigenvalue weighted by atomic mass is 16.5. The zero-order valence-electron chi connectivity index (χ0n) is 14.6. The zero-order valence-corrected chi connectivity index (χ0v) is 14.6. The Morgan fingerprint density at radius 1 is 0.885 bits per heavy atom. The summed E-state index contributed by atoms with van der Waals surface area (Å²) >= 11 is 0. The van der Waals surface area contributed by atoms with Gasteiger partial charge in [0.2, 0.25) is 0 Å². The van der Waals surface area contributed by atoms with E-state index in [2.05, 4.69) is 6.92 Å². The Hall–Kier alpha value is -3.02. The fourth-order valence-corrected chi connectivity index (χ4v) is 2.36. The summed E-state index contributed by atoms with van der Waals surface area (Å²) in [5, 5.41) is 17.9. The Morgan fingerprint density at radius 2 is 1.38 bits per heavy atom. The third-order valence-corrected chi connectivity index (χ3v) is 3.82. The van der Waals surface area contributed by atoms with Gasteiger partial charge in [-0.2, -0.15) is 0 Å². The number of aromatic carboxylic acids is 2. The fraction of sp³-hybridized carbons (Fsp3) is 0.300. The number of unbranched alkanes of at least 4 members (excludes halogenated alkanes) is 1. The maximum Gasteiger partial charge on any atom is 0.335 e. The van der Waals surface area contributed by atoms with Gasteiger partial charge in [0.15, 0.2) is 0 Å². The van der Waals surface area contributed by atoms with E-state index in [0.29, 0.717) is 18.1 Å². The molecule has 0 aliphatic carbocycles. The smallest absolute Gasteiger partial charge is 0.335 e. The molecule has 2 aromatic rings. The lowest BCUT2D eigenvalue weighted by Gasteiger charge is -2.20. The number of benzene rings is 2. The van der Waals surface area contributed by atoms with Crippen LogP contribution in [0.4, 0.5) is 0 Å². The summed E-state index contributed by atoms with van der Waals surface area (Å²) < 4.78 is 11.6. The Bertz CT molecular complexity index is 721. The van der Waals surface area contributed by atoms with Crippen molar-refractivity contribution in [3.8, 4) is 11.5 Å². The van der Waals surface area contributed by atoms with E-state index in [0.717, 1.165) is 19.3 Å².